The first-order chi connectivity index (χ1) is 8.47. The largest absolute Gasteiger partial charge is 0.408 e. The lowest BCUT2D eigenvalue weighted by molar-refractivity contribution is -0.389. The normalized spacial score (nSPS) is 10.6. The molecule has 0 aliphatic rings. The Bertz CT molecular complexity index is 617. The van der Waals surface area contributed by atoms with Crippen molar-refractivity contribution in [1.29, 1.82) is 0 Å². The van der Waals surface area contributed by atoms with Gasteiger partial charge in [0.25, 0.3) is 0 Å². The van der Waals surface area contributed by atoms with Crippen LogP contribution in [0.1, 0.15) is 5.56 Å². The van der Waals surface area contributed by atoms with Gasteiger partial charge in [0.2, 0.25) is 0 Å². The molecule has 0 saturated carbocycles. The van der Waals surface area contributed by atoms with Crippen LogP contribution in [0.3, 0.4) is 0 Å². The second-order valence-corrected chi connectivity index (χ2v) is 4.75. The predicted molar refractivity (Wildman–Crippen MR) is 67.1 cm³/mol. The van der Waals surface area contributed by atoms with Crippen LogP contribution in [-0.2, 0) is 6.54 Å². The van der Waals surface area contributed by atoms with E-state index in [-0.39, 0.29) is 17.4 Å². The fraction of sp³-hybridized carbons (Fsp3) is 0.100. The molecule has 0 N–H and O–H groups in total. The first kappa shape index (κ1) is 13.0. The van der Waals surface area contributed by atoms with E-state index in [0.717, 1.165) is 5.56 Å². The molecule has 94 valence electrons. The molecule has 0 aliphatic heterocycles. The molecule has 2 rings (SSSR count). The fourth-order valence-electron chi connectivity index (χ4n) is 1.42. The molecule has 1 aromatic carbocycles. The van der Waals surface area contributed by atoms with Gasteiger partial charge in [0, 0.05) is 4.47 Å². The summed E-state index contributed by atoms with van der Waals surface area (Å²) >= 11 is 8.89. The molecule has 0 unspecified atom stereocenters. The SMILES string of the molecule is O=[N+]([O-])c1nn(Cc2ccc(F)cc2Br)cc1Cl. The molecular weight excluding hydrogens is 328 g/mol. The minimum absolute atomic E-state index is 0.0294. The average Bonchev–Trinajstić information content (AvgIpc) is 2.64. The van der Waals surface area contributed by atoms with E-state index in [0.29, 0.717) is 4.47 Å². The third kappa shape index (κ3) is 2.68. The second kappa shape index (κ2) is 5.03. The highest BCUT2D eigenvalue weighted by Crippen LogP contribution is 2.24. The Kier molecular flexibility index (Phi) is 3.63. The van der Waals surface area contributed by atoms with Gasteiger partial charge in [-0.25, -0.2) is 4.39 Å². The molecule has 0 atom stereocenters. The minimum atomic E-state index is -0.654. The Balaban J connectivity index is 2.29. The van der Waals surface area contributed by atoms with E-state index >= 15 is 0 Å². The number of hydrogen-bond acceptors (Lipinski definition) is 3. The van der Waals surface area contributed by atoms with Gasteiger partial charge in [-0.15, -0.1) is 0 Å². The zero-order valence-electron chi connectivity index (χ0n) is 8.81. The highest BCUT2D eigenvalue weighted by Gasteiger charge is 2.19. The molecule has 0 fully saturated rings. The second-order valence-electron chi connectivity index (χ2n) is 3.49. The van der Waals surface area contributed by atoms with Crippen LogP contribution >= 0.6 is 27.5 Å². The maximum Gasteiger partial charge on any atom is 0.408 e. The monoisotopic (exact) mass is 333 g/mol. The molecular formula is C10H6BrClFN3O2. The highest BCUT2D eigenvalue weighted by atomic mass is 79.9. The van der Waals surface area contributed by atoms with Gasteiger partial charge < -0.3 is 10.1 Å². The Hall–Kier alpha value is -1.47. The summed E-state index contributed by atoms with van der Waals surface area (Å²) in [5, 5.41) is 14.3. The number of nitrogens with zero attached hydrogens (tertiary/aromatic N) is 3. The lowest BCUT2D eigenvalue weighted by atomic mass is 10.2. The van der Waals surface area contributed by atoms with Crippen molar-refractivity contribution in [3.63, 3.8) is 0 Å². The molecule has 8 heteroatoms. The van der Waals surface area contributed by atoms with Crippen molar-refractivity contribution in [3.8, 4) is 0 Å². The van der Waals surface area contributed by atoms with Crippen molar-refractivity contribution < 1.29 is 9.31 Å². The fourth-order valence-corrected chi connectivity index (χ4v) is 2.11. The first-order valence-corrected chi connectivity index (χ1v) is 5.95. The third-order valence-electron chi connectivity index (χ3n) is 2.22. The summed E-state index contributed by atoms with van der Waals surface area (Å²) in [6.45, 7) is 0.258. The summed E-state index contributed by atoms with van der Waals surface area (Å²) in [5.74, 6) is -0.759. The average molecular weight is 335 g/mol. The Morgan fingerprint density at radius 1 is 1.56 bits per heavy atom. The van der Waals surface area contributed by atoms with Gasteiger partial charge in [0.15, 0.2) is 5.02 Å². The summed E-state index contributed by atoms with van der Waals surface area (Å²) in [6, 6.07) is 4.19. The highest BCUT2D eigenvalue weighted by molar-refractivity contribution is 9.10. The van der Waals surface area contributed by atoms with Crippen LogP contribution in [0.25, 0.3) is 0 Å². The van der Waals surface area contributed by atoms with Gasteiger partial charge in [-0.2, -0.15) is 4.68 Å². The lowest BCUT2D eigenvalue weighted by Gasteiger charge is -2.01. The smallest absolute Gasteiger partial charge is 0.358 e. The van der Waals surface area contributed by atoms with Crippen molar-refractivity contribution in [2.45, 2.75) is 6.54 Å². The van der Waals surface area contributed by atoms with Gasteiger partial charge in [0.05, 0.1) is 17.8 Å². The van der Waals surface area contributed by atoms with Crippen molar-refractivity contribution in [1.82, 2.24) is 9.78 Å². The Morgan fingerprint density at radius 2 is 2.28 bits per heavy atom. The summed E-state index contributed by atoms with van der Waals surface area (Å²) in [7, 11) is 0. The molecule has 0 spiro atoms. The van der Waals surface area contributed by atoms with E-state index < -0.39 is 10.7 Å². The number of halogens is 3. The number of nitro groups is 1. The number of rotatable bonds is 3. The van der Waals surface area contributed by atoms with E-state index in [2.05, 4.69) is 21.0 Å². The van der Waals surface area contributed by atoms with Crippen LogP contribution < -0.4 is 0 Å². The van der Waals surface area contributed by atoms with Crippen LogP contribution in [0.15, 0.2) is 28.9 Å². The number of benzene rings is 1. The molecule has 5 nitrogen and oxygen atoms in total. The lowest BCUT2D eigenvalue weighted by Crippen LogP contribution is -2.02. The number of aromatic nitrogens is 2. The molecule has 1 aromatic heterocycles. The molecule has 0 aliphatic carbocycles. The van der Waals surface area contributed by atoms with Crippen LogP contribution in [0, 0.1) is 15.9 Å². The van der Waals surface area contributed by atoms with E-state index in [1.54, 1.807) is 6.07 Å². The third-order valence-corrected chi connectivity index (χ3v) is 3.22. The van der Waals surface area contributed by atoms with Crippen molar-refractivity contribution in [3.05, 3.63) is 55.4 Å². The van der Waals surface area contributed by atoms with E-state index in [1.165, 1.54) is 23.0 Å². The van der Waals surface area contributed by atoms with Gasteiger partial charge in [-0.3, -0.25) is 0 Å². The topological polar surface area (TPSA) is 61.0 Å². The molecule has 0 bridgehead atoms. The van der Waals surface area contributed by atoms with Crippen LogP contribution in [0.4, 0.5) is 10.2 Å². The molecule has 2 aromatic rings. The summed E-state index contributed by atoms with van der Waals surface area (Å²) in [6.07, 6.45) is 1.36. The molecule has 1 heterocycles. The van der Waals surface area contributed by atoms with E-state index in [9.17, 15) is 14.5 Å². The first-order valence-electron chi connectivity index (χ1n) is 4.78. The Labute approximate surface area is 114 Å². The van der Waals surface area contributed by atoms with Gasteiger partial charge in [-0.1, -0.05) is 33.6 Å². The molecule has 0 saturated heterocycles. The molecule has 18 heavy (non-hydrogen) atoms. The number of hydrogen-bond donors (Lipinski definition) is 0. The zero-order chi connectivity index (χ0) is 13.3. The quantitative estimate of drug-likeness (QED) is 0.638. The maximum absolute atomic E-state index is 12.9. The maximum atomic E-state index is 12.9. The minimum Gasteiger partial charge on any atom is -0.358 e. The summed E-state index contributed by atoms with van der Waals surface area (Å²) in [5.41, 5.74) is 0.741. The van der Waals surface area contributed by atoms with Crippen LogP contribution in [-0.4, -0.2) is 14.7 Å². The molecule has 0 radical (unpaired) electrons. The van der Waals surface area contributed by atoms with Gasteiger partial charge in [-0.05, 0) is 22.6 Å². The van der Waals surface area contributed by atoms with E-state index in [1.807, 2.05) is 0 Å². The van der Waals surface area contributed by atoms with Crippen molar-refractivity contribution in [2.24, 2.45) is 0 Å². The molecule has 0 amide bonds. The predicted octanol–water partition coefficient (Wildman–Crippen LogP) is 3.39. The van der Waals surface area contributed by atoms with Crippen LogP contribution in [0.2, 0.25) is 5.02 Å². The Morgan fingerprint density at radius 3 is 2.83 bits per heavy atom. The van der Waals surface area contributed by atoms with Crippen molar-refractivity contribution >= 4 is 33.3 Å². The van der Waals surface area contributed by atoms with Crippen molar-refractivity contribution in [2.75, 3.05) is 0 Å². The standard InChI is InChI=1S/C10H6BrClFN3O2/c11-8-3-7(13)2-1-6(8)4-15-5-9(12)10(14-15)16(17)18/h1-3,5H,4H2. The van der Waals surface area contributed by atoms with Crippen LogP contribution in [0.5, 0.6) is 0 Å². The van der Waals surface area contributed by atoms with E-state index in [4.69, 9.17) is 11.6 Å². The van der Waals surface area contributed by atoms with Gasteiger partial charge in [0.1, 0.15) is 5.82 Å². The summed E-state index contributed by atoms with van der Waals surface area (Å²) in [4.78, 5) is 9.93. The summed E-state index contributed by atoms with van der Waals surface area (Å²) < 4.78 is 14.8. The van der Waals surface area contributed by atoms with Gasteiger partial charge >= 0.3 is 5.82 Å². The zero-order valence-corrected chi connectivity index (χ0v) is 11.2.